The molecule has 98 heavy (non-hydrogen) atoms. The van der Waals surface area contributed by atoms with E-state index in [-0.39, 0.29) is 0 Å². The summed E-state index contributed by atoms with van der Waals surface area (Å²) in [6.07, 6.45) is 3.85. The van der Waals surface area contributed by atoms with E-state index in [1.165, 1.54) is 53.0 Å². The fraction of sp³-hybridized carbons (Fsp3) is 0. The molecular weight excluding hydrogens is 1230 g/mol. The Bertz CT molecular complexity index is 6560. The number of aromatic nitrogens is 2. The van der Waals surface area contributed by atoms with Crippen LogP contribution in [0.4, 0.5) is 34.1 Å². The van der Waals surface area contributed by atoms with Crippen LogP contribution < -0.4 is 9.80 Å². The van der Waals surface area contributed by atoms with Gasteiger partial charge in [0, 0.05) is 105 Å². The van der Waals surface area contributed by atoms with Crippen molar-refractivity contribution >= 4 is 163 Å². The minimum Gasteiger partial charge on any atom is -0.456 e. The Balaban J connectivity index is 0.660. The topological polar surface area (TPSA) is 58.5 Å². The van der Waals surface area contributed by atoms with E-state index in [1.54, 1.807) is 22.7 Å². The quantitative estimate of drug-likeness (QED) is 0.129. The van der Waals surface area contributed by atoms with E-state index >= 15 is 0 Å². The maximum atomic E-state index is 7.20. The standard InChI is InChI=1S/C90H54N4O2S2/c1-3-13-61-51-63(26-24-55(61)11-1)57-28-36-65(37-29-57)93(69-45-47-81-79(53-69)73-15-5-6-21-80(73)95-81)67-42-34-60(35-43-67)72-48-50-92-87-85-75(17-9-22-83(85)97-90(72)87)77-19-8-18-76-74-46-44-70(54-82(74)96-88(76)77)94(66-38-30-58(31-39-66)64-27-25-56-12-2-4-14-62(56)52-64)68-40-32-59(33-41-68)71-16-7-20-78-86-84(98-89(71)78)23-10-49-91-86/h1-54H. The van der Waals surface area contributed by atoms with Crippen molar-refractivity contribution in [2.75, 3.05) is 9.80 Å². The molecule has 6 nitrogen and oxygen atoms in total. The Morgan fingerprint density at radius 2 is 0.745 bits per heavy atom. The summed E-state index contributed by atoms with van der Waals surface area (Å²) in [5.41, 5.74) is 23.0. The summed E-state index contributed by atoms with van der Waals surface area (Å²) >= 11 is 3.59. The number of hydrogen-bond acceptors (Lipinski definition) is 8. The van der Waals surface area contributed by atoms with E-state index in [0.717, 1.165) is 143 Å². The molecule has 0 aliphatic carbocycles. The molecule has 6 heterocycles. The Kier molecular flexibility index (Phi) is 12.9. The van der Waals surface area contributed by atoms with Crippen LogP contribution in [-0.2, 0) is 0 Å². The first-order valence-electron chi connectivity index (χ1n) is 33.0. The van der Waals surface area contributed by atoms with Crippen LogP contribution in [0.5, 0.6) is 0 Å². The molecule has 14 aromatic carbocycles. The Hall–Kier alpha value is -12.5. The van der Waals surface area contributed by atoms with Crippen molar-refractivity contribution in [2.45, 2.75) is 0 Å². The van der Waals surface area contributed by atoms with Crippen LogP contribution in [-0.4, -0.2) is 9.97 Å². The van der Waals surface area contributed by atoms with Gasteiger partial charge in [-0.1, -0.05) is 188 Å². The lowest BCUT2D eigenvalue weighted by Crippen LogP contribution is -2.09. The van der Waals surface area contributed by atoms with Gasteiger partial charge in [0.05, 0.1) is 20.4 Å². The first kappa shape index (κ1) is 55.9. The van der Waals surface area contributed by atoms with Crippen LogP contribution in [0.15, 0.2) is 337 Å². The number of rotatable bonds is 11. The number of furan rings is 2. The second-order valence-electron chi connectivity index (χ2n) is 25.2. The van der Waals surface area contributed by atoms with Crippen LogP contribution in [0.2, 0.25) is 0 Å². The van der Waals surface area contributed by atoms with Crippen LogP contribution >= 0.6 is 22.7 Å². The van der Waals surface area contributed by atoms with Crippen molar-refractivity contribution in [3.63, 3.8) is 0 Å². The molecule has 0 unspecified atom stereocenters. The lowest BCUT2D eigenvalue weighted by molar-refractivity contribution is 0.669. The lowest BCUT2D eigenvalue weighted by atomic mass is 9.98. The molecule has 458 valence electrons. The molecular formula is C90H54N4O2S2. The van der Waals surface area contributed by atoms with Gasteiger partial charge in [-0.15, -0.1) is 22.7 Å². The minimum absolute atomic E-state index is 0.808. The fourth-order valence-corrected chi connectivity index (χ4v) is 17.2. The van der Waals surface area contributed by atoms with Crippen LogP contribution in [0.25, 0.3) is 162 Å². The molecule has 0 fully saturated rings. The van der Waals surface area contributed by atoms with E-state index < -0.39 is 0 Å². The Morgan fingerprint density at radius 1 is 0.255 bits per heavy atom. The van der Waals surface area contributed by atoms with Crippen molar-refractivity contribution in [1.29, 1.82) is 0 Å². The third kappa shape index (κ3) is 9.29. The number of nitrogens with zero attached hydrogens (tertiary/aromatic N) is 4. The molecule has 0 spiro atoms. The molecule has 0 bridgehead atoms. The lowest BCUT2D eigenvalue weighted by Gasteiger charge is -2.26. The van der Waals surface area contributed by atoms with E-state index in [1.807, 2.05) is 30.6 Å². The highest BCUT2D eigenvalue weighted by molar-refractivity contribution is 7.26. The van der Waals surface area contributed by atoms with Crippen molar-refractivity contribution in [2.24, 2.45) is 0 Å². The molecule has 8 heteroatoms. The first-order valence-corrected chi connectivity index (χ1v) is 34.6. The minimum atomic E-state index is 0.808. The van der Waals surface area contributed by atoms with Gasteiger partial charge >= 0.3 is 0 Å². The highest BCUT2D eigenvalue weighted by atomic mass is 32.1. The molecule has 0 aliphatic rings. The second-order valence-corrected chi connectivity index (χ2v) is 27.3. The van der Waals surface area contributed by atoms with Crippen LogP contribution in [0.1, 0.15) is 0 Å². The maximum absolute atomic E-state index is 7.20. The molecule has 0 saturated heterocycles. The van der Waals surface area contributed by atoms with Gasteiger partial charge in [0.2, 0.25) is 0 Å². The largest absolute Gasteiger partial charge is 0.456 e. The zero-order chi connectivity index (χ0) is 64.4. The smallest absolute Gasteiger partial charge is 0.143 e. The number of pyridine rings is 2. The van der Waals surface area contributed by atoms with Gasteiger partial charge in [-0.05, 0) is 187 Å². The predicted molar refractivity (Wildman–Crippen MR) is 414 cm³/mol. The average molecular weight is 1290 g/mol. The van der Waals surface area contributed by atoms with E-state index in [9.17, 15) is 0 Å². The van der Waals surface area contributed by atoms with Gasteiger partial charge in [0.1, 0.15) is 22.3 Å². The highest BCUT2D eigenvalue weighted by Crippen LogP contribution is 2.49. The van der Waals surface area contributed by atoms with Gasteiger partial charge in [0.25, 0.3) is 0 Å². The number of fused-ring (bicyclic) bond motifs is 14. The van der Waals surface area contributed by atoms with Gasteiger partial charge in [-0.3, -0.25) is 9.97 Å². The molecule has 0 radical (unpaired) electrons. The zero-order valence-corrected chi connectivity index (χ0v) is 54.2. The Morgan fingerprint density at radius 3 is 1.43 bits per heavy atom. The first-order chi connectivity index (χ1) is 48.5. The van der Waals surface area contributed by atoms with Crippen LogP contribution in [0, 0.1) is 0 Å². The normalized spacial score (nSPS) is 11.9. The third-order valence-corrected chi connectivity index (χ3v) is 21.9. The summed E-state index contributed by atoms with van der Waals surface area (Å²) in [4.78, 5) is 14.6. The monoisotopic (exact) mass is 1290 g/mol. The van der Waals surface area contributed by atoms with Crippen molar-refractivity contribution in [1.82, 2.24) is 9.97 Å². The molecule has 20 rings (SSSR count). The number of hydrogen-bond donors (Lipinski definition) is 0. The summed E-state index contributed by atoms with van der Waals surface area (Å²) < 4.78 is 18.3. The van der Waals surface area contributed by atoms with Crippen molar-refractivity contribution < 1.29 is 8.83 Å². The number of para-hydroxylation sites is 2. The number of anilines is 6. The summed E-state index contributed by atoms with van der Waals surface area (Å²) in [6.45, 7) is 0. The summed E-state index contributed by atoms with van der Waals surface area (Å²) in [6, 6.07) is 114. The third-order valence-electron chi connectivity index (χ3n) is 19.6. The number of benzene rings is 14. The van der Waals surface area contributed by atoms with Gasteiger partial charge in [0.15, 0.2) is 0 Å². The zero-order valence-electron chi connectivity index (χ0n) is 52.6. The van der Waals surface area contributed by atoms with E-state index in [4.69, 9.17) is 18.8 Å². The van der Waals surface area contributed by atoms with Gasteiger partial charge < -0.3 is 18.6 Å². The summed E-state index contributed by atoms with van der Waals surface area (Å²) in [5.74, 6) is 0. The number of thiophene rings is 2. The second kappa shape index (κ2) is 22.6. The molecule has 0 atom stereocenters. The molecule has 0 aliphatic heterocycles. The van der Waals surface area contributed by atoms with Crippen LogP contribution in [0.3, 0.4) is 0 Å². The van der Waals surface area contributed by atoms with Crippen molar-refractivity contribution in [3.05, 3.63) is 328 Å². The Labute approximate surface area is 571 Å². The molecule has 0 saturated carbocycles. The highest BCUT2D eigenvalue weighted by Gasteiger charge is 2.23. The molecule has 6 aromatic heterocycles. The fourth-order valence-electron chi connectivity index (χ4n) is 14.8. The molecule has 0 amide bonds. The van der Waals surface area contributed by atoms with E-state index in [2.05, 4.69) is 307 Å². The van der Waals surface area contributed by atoms with E-state index in [0.29, 0.717) is 0 Å². The SMILES string of the molecule is c1ccc2cc(-c3ccc(N(c4ccc(-c5cccc6c5sc5cccnc56)cc4)c4ccc5c(c4)oc4c(-c6cccc7sc8c(-c9ccc(N(c%10ccc(-c%11ccc%12ccccc%12c%11)cc%10)c%10ccc%11oc%12ccccc%12c%11c%10)cc9)ccnc8c67)cccc45)cc3)ccc2c1. The molecule has 20 aromatic rings. The maximum Gasteiger partial charge on any atom is 0.143 e. The molecule has 0 N–H and O–H groups in total. The average Bonchev–Trinajstić information content (AvgIpc) is 1.59. The van der Waals surface area contributed by atoms with Crippen molar-refractivity contribution in [3.8, 4) is 55.6 Å². The predicted octanol–water partition coefficient (Wildman–Crippen LogP) is 26.6. The van der Waals surface area contributed by atoms with Gasteiger partial charge in [-0.25, -0.2) is 0 Å². The summed E-state index contributed by atoms with van der Waals surface area (Å²) in [5, 5.41) is 11.5. The summed E-state index contributed by atoms with van der Waals surface area (Å²) in [7, 11) is 0. The van der Waals surface area contributed by atoms with Gasteiger partial charge in [-0.2, -0.15) is 0 Å².